The van der Waals surface area contributed by atoms with Crippen LogP contribution in [0.25, 0.3) is 0 Å². The van der Waals surface area contributed by atoms with Crippen molar-refractivity contribution in [3.05, 3.63) is 23.8 Å². The van der Waals surface area contributed by atoms with E-state index in [1.54, 1.807) is 0 Å². The minimum absolute atomic E-state index is 0.212. The molecule has 0 atom stereocenters. The van der Waals surface area contributed by atoms with E-state index < -0.39 is 5.97 Å². The van der Waals surface area contributed by atoms with Gasteiger partial charge >= 0.3 is 5.97 Å². The Hall–Kier alpha value is -1.53. The van der Waals surface area contributed by atoms with Crippen LogP contribution in [0.3, 0.4) is 0 Å². The summed E-state index contributed by atoms with van der Waals surface area (Å²) in [5.41, 5.74) is 0.741. The fraction of sp³-hybridized carbons (Fsp3) is 0.500. The Bertz CT molecular complexity index is 377. The SMILES string of the molecule is COC(=O)c1nccnc1CC1OCCO1. The zero-order valence-electron chi connectivity index (χ0n) is 8.88. The first-order chi connectivity index (χ1) is 7.81. The van der Waals surface area contributed by atoms with Crippen molar-refractivity contribution in [2.75, 3.05) is 20.3 Å². The normalized spacial score (nSPS) is 16.3. The maximum absolute atomic E-state index is 11.4. The number of carbonyl (C=O) groups excluding carboxylic acids is 1. The standard InChI is InChI=1S/C10H12N2O4/c1-14-10(13)9-7(11-2-3-12-9)6-8-15-4-5-16-8/h2-3,8H,4-6H2,1H3. The van der Waals surface area contributed by atoms with Crippen molar-refractivity contribution < 1.29 is 19.0 Å². The van der Waals surface area contributed by atoms with Crippen LogP contribution >= 0.6 is 0 Å². The summed E-state index contributed by atoms with van der Waals surface area (Å²) in [4.78, 5) is 19.4. The van der Waals surface area contributed by atoms with Crippen LogP contribution in [0.15, 0.2) is 12.4 Å². The number of hydrogen-bond donors (Lipinski definition) is 0. The Labute approximate surface area is 92.6 Å². The maximum atomic E-state index is 11.4. The van der Waals surface area contributed by atoms with Gasteiger partial charge in [0.2, 0.25) is 0 Å². The summed E-state index contributed by atoms with van der Waals surface area (Å²) in [5, 5.41) is 0. The first kappa shape index (κ1) is 11.0. The lowest BCUT2D eigenvalue weighted by molar-refractivity contribution is -0.0408. The van der Waals surface area contributed by atoms with Gasteiger partial charge < -0.3 is 14.2 Å². The first-order valence-corrected chi connectivity index (χ1v) is 4.92. The van der Waals surface area contributed by atoms with E-state index in [1.165, 1.54) is 19.5 Å². The average Bonchev–Trinajstić information content (AvgIpc) is 2.82. The van der Waals surface area contributed by atoms with Crippen LogP contribution in [0.1, 0.15) is 16.2 Å². The number of hydrogen-bond acceptors (Lipinski definition) is 6. The number of ether oxygens (including phenoxy) is 3. The van der Waals surface area contributed by atoms with Crippen molar-refractivity contribution in [3.8, 4) is 0 Å². The van der Waals surface area contributed by atoms with Gasteiger partial charge in [-0.15, -0.1) is 0 Å². The van der Waals surface area contributed by atoms with Crippen LogP contribution in [-0.2, 0) is 20.6 Å². The van der Waals surface area contributed by atoms with Crippen molar-refractivity contribution in [1.29, 1.82) is 0 Å². The quantitative estimate of drug-likeness (QED) is 0.682. The number of nitrogens with zero attached hydrogens (tertiary/aromatic N) is 2. The second kappa shape index (κ2) is 5.00. The highest BCUT2D eigenvalue weighted by Gasteiger charge is 2.22. The molecule has 0 aromatic carbocycles. The number of aromatic nitrogens is 2. The lowest BCUT2D eigenvalue weighted by atomic mass is 10.2. The molecule has 0 unspecified atom stereocenters. The molecule has 0 spiro atoms. The first-order valence-electron chi connectivity index (χ1n) is 4.92. The molecule has 16 heavy (non-hydrogen) atoms. The van der Waals surface area contributed by atoms with Gasteiger partial charge in [0.25, 0.3) is 0 Å². The monoisotopic (exact) mass is 224 g/mol. The molecule has 6 heteroatoms. The molecule has 0 bridgehead atoms. The molecule has 1 aromatic rings. The van der Waals surface area contributed by atoms with Crippen molar-refractivity contribution in [2.45, 2.75) is 12.7 Å². The summed E-state index contributed by atoms with van der Waals surface area (Å²) in [7, 11) is 1.31. The fourth-order valence-corrected chi connectivity index (χ4v) is 1.47. The molecule has 1 aromatic heterocycles. The molecule has 86 valence electrons. The predicted molar refractivity (Wildman–Crippen MR) is 52.8 cm³/mol. The zero-order valence-corrected chi connectivity index (χ0v) is 8.88. The molecule has 0 amide bonds. The second-order valence-electron chi connectivity index (χ2n) is 3.22. The van der Waals surface area contributed by atoms with Gasteiger partial charge in [0.15, 0.2) is 12.0 Å². The van der Waals surface area contributed by atoms with Crippen molar-refractivity contribution in [3.63, 3.8) is 0 Å². The van der Waals surface area contributed by atoms with E-state index in [1.807, 2.05) is 0 Å². The molecule has 2 rings (SSSR count). The molecule has 2 heterocycles. The average molecular weight is 224 g/mol. The van der Waals surface area contributed by atoms with Crippen LogP contribution < -0.4 is 0 Å². The van der Waals surface area contributed by atoms with Crippen LogP contribution in [0.4, 0.5) is 0 Å². The Morgan fingerprint density at radius 2 is 2.12 bits per heavy atom. The van der Waals surface area contributed by atoms with Crippen molar-refractivity contribution in [1.82, 2.24) is 9.97 Å². The van der Waals surface area contributed by atoms with Crippen molar-refractivity contribution >= 4 is 5.97 Å². The molecular formula is C10H12N2O4. The third-order valence-corrected chi connectivity index (χ3v) is 2.20. The fourth-order valence-electron chi connectivity index (χ4n) is 1.47. The predicted octanol–water partition coefficient (Wildman–Crippen LogP) is 0.179. The summed E-state index contributed by atoms with van der Waals surface area (Å²) in [6.07, 6.45) is 3.03. The van der Waals surface area contributed by atoms with E-state index in [0.29, 0.717) is 25.3 Å². The van der Waals surface area contributed by atoms with E-state index in [4.69, 9.17) is 9.47 Å². The van der Waals surface area contributed by atoms with Crippen LogP contribution in [0.2, 0.25) is 0 Å². The van der Waals surface area contributed by atoms with Gasteiger partial charge in [-0.2, -0.15) is 0 Å². The van der Waals surface area contributed by atoms with Crippen molar-refractivity contribution in [2.24, 2.45) is 0 Å². The third kappa shape index (κ3) is 2.34. The molecule has 0 saturated carbocycles. The maximum Gasteiger partial charge on any atom is 0.358 e. The lowest BCUT2D eigenvalue weighted by Gasteiger charge is -2.09. The van der Waals surface area contributed by atoms with Crippen LogP contribution in [-0.4, -0.2) is 42.6 Å². The molecule has 6 nitrogen and oxygen atoms in total. The summed E-state index contributed by atoms with van der Waals surface area (Å²) >= 11 is 0. The van der Waals surface area contributed by atoms with Crippen LogP contribution in [0, 0.1) is 0 Å². The highest BCUT2D eigenvalue weighted by atomic mass is 16.7. The van der Waals surface area contributed by atoms with Crippen LogP contribution in [0.5, 0.6) is 0 Å². The Morgan fingerprint density at radius 1 is 1.44 bits per heavy atom. The third-order valence-electron chi connectivity index (χ3n) is 2.20. The molecule has 1 aliphatic heterocycles. The summed E-state index contributed by atoms with van der Waals surface area (Å²) < 4.78 is 15.2. The molecular weight excluding hydrogens is 212 g/mol. The van der Waals surface area contributed by atoms with E-state index >= 15 is 0 Å². The Morgan fingerprint density at radius 3 is 2.81 bits per heavy atom. The summed E-state index contributed by atoms with van der Waals surface area (Å²) in [5.74, 6) is -0.499. The lowest BCUT2D eigenvalue weighted by Crippen LogP contribution is -2.17. The highest BCUT2D eigenvalue weighted by molar-refractivity contribution is 5.88. The number of methoxy groups -OCH3 is 1. The van der Waals surface area contributed by atoms with E-state index in [2.05, 4.69) is 14.7 Å². The summed E-state index contributed by atoms with van der Waals surface area (Å²) in [6.45, 7) is 1.14. The topological polar surface area (TPSA) is 70.5 Å². The Balaban J connectivity index is 2.15. The summed E-state index contributed by atoms with van der Waals surface area (Å²) in [6, 6.07) is 0. The second-order valence-corrected chi connectivity index (χ2v) is 3.22. The van der Waals surface area contributed by atoms with Gasteiger partial charge in [-0.05, 0) is 0 Å². The molecule has 0 radical (unpaired) electrons. The minimum atomic E-state index is -0.499. The molecule has 0 N–H and O–H groups in total. The van der Waals surface area contributed by atoms with Gasteiger partial charge in [-0.3, -0.25) is 4.98 Å². The molecule has 1 saturated heterocycles. The molecule has 0 aliphatic carbocycles. The largest absolute Gasteiger partial charge is 0.464 e. The Kier molecular flexibility index (Phi) is 3.43. The smallest absolute Gasteiger partial charge is 0.358 e. The minimum Gasteiger partial charge on any atom is -0.464 e. The number of esters is 1. The molecule has 1 fully saturated rings. The van der Waals surface area contributed by atoms with E-state index in [0.717, 1.165) is 0 Å². The molecule has 1 aliphatic rings. The van der Waals surface area contributed by atoms with Gasteiger partial charge in [0.05, 0.1) is 26.0 Å². The zero-order chi connectivity index (χ0) is 11.4. The van der Waals surface area contributed by atoms with E-state index in [9.17, 15) is 4.79 Å². The highest BCUT2D eigenvalue weighted by Crippen LogP contribution is 2.12. The van der Waals surface area contributed by atoms with Gasteiger partial charge in [-0.25, -0.2) is 9.78 Å². The van der Waals surface area contributed by atoms with Gasteiger partial charge in [0.1, 0.15) is 0 Å². The number of rotatable bonds is 3. The van der Waals surface area contributed by atoms with E-state index in [-0.39, 0.29) is 12.0 Å². The van der Waals surface area contributed by atoms with Gasteiger partial charge in [0, 0.05) is 18.8 Å². The number of carbonyl (C=O) groups is 1. The van der Waals surface area contributed by atoms with Gasteiger partial charge in [-0.1, -0.05) is 0 Å².